The second-order valence-electron chi connectivity index (χ2n) is 3.72. The standard InChI is InChI=1S/C14H12N2O3/c1-19-14(18)12-9-5-8-11(16-12)13(17)15-10-6-3-2-4-7-10/h2-9H,1H3,(H,15,17). The van der Waals surface area contributed by atoms with E-state index in [4.69, 9.17) is 0 Å². The Labute approximate surface area is 110 Å². The molecule has 2 aromatic rings. The van der Waals surface area contributed by atoms with Crippen LogP contribution in [0.1, 0.15) is 21.0 Å². The van der Waals surface area contributed by atoms with Gasteiger partial charge in [0.25, 0.3) is 5.91 Å². The molecule has 1 heterocycles. The number of pyridine rings is 1. The quantitative estimate of drug-likeness (QED) is 0.854. The molecule has 0 radical (unpaired) electrons. The van der Waals surface area contributed by atoms with E-state index < -0.39 is 5.97 Å². The highest BCUT2D eigenvalue weighted by molar-refractivity contribution is 6.03. The molecular weight excluding hydrogens is 244 g/mol. The molecule has 5 nitrogen and oxygen atoms in total. The summed E-state index contributed by atoms with van der Waals surface area (Å²) in [5, 5.41) is 2.69. The summed E-state index contributed by atoms with van der Waals surface area (Å²) in [6, 6.07) is 13.6. The van der Waals surface area contributed by atoms with Gasteiger partial charge in [0.05, 0.1) is 7.11 Å². The van der Waals surface area contributed by atoms with Crippen molar-refractivity contribution >= 4 is 17.6 Å². The van der Waals surface area contributed by atoms with Gasteiger partial charge in [0.15, 0.2) is 0 Å². The van der Waals surface area contributed by atoms with Gasteiger partial charge in [-0.05, 0) is 24.3 Å². The van der Waals surface area contributed by atoms with Crippen molar-refractivity contribution in [2.24, 2.45) is 0 Å². The number of methoxy groups -OCH3 is 1. The second kappa shape index (κ2) is 5.77. The molecule has 0 aliphatic carbocycles. The molecule has 0 atom stereocenters. The first-order valence-corrected chi connectivity index (χ1v) is 5.62. The van der Waals surface area contributed by atoms with Gasteiger partial charge < -0.3 is 10.1 Å². The van der Waals surface area contributed by atoms with E-state index in [1.165, 1.54) is 19.2 Å². The summed E-state index contributed by atoms with van der Waals surface area (Å²) in [4.78, 5) is 27.2. The van der Waals surface area contributed by atoms with Crippen molar-refractivity contribution in [2.45, 2.75) is 0 Å². The maximum Gasteiger partial charge on any atom is 0.356 e. The molecule has 0 bridgehead atoms. The normalized spacial score (nSPS) is 9.74. The van der Waals surface area contributed by atoms with E-state index in [1.807, 2.05) is 18.2 Å². The van der Waals surface area contributed by atoms with E-state index in [0.29, 0.717) is 5.69 Å². The number of rotatable bonds is 3. The number of nitrogens with one attached hydrogen (secondary N) is 1. The predicted molar refractivity (Wildman–Crippen MR) is 70.0 cm³/mol. The molecule has 2 rings (SSSR count). The molecule has 1 aromatic heterocycles. The third-order valence-corrected chi connectivity index (χ3v) is 2.41. The molecule has 0 aliphatic heterocycles. The Balaban J connectivity index is 2.18. The minimum Gasteiger partial charge on any atom is -0.464 e. The van der Waals surface area contributed by atoms with Crippen molar-refractivity contribution in [3.05, 3.63) is 59.9 Å². The van der Waals surface area contributed by atoms with Gasteiger partial charge in [-0.25, -0.2) is 9.78 Å². The Morgan fingerprint density at radius 2 is 1.68 bits per heavy atom. The Hall–Kier alpha value is -2.69. The number of para-hydroxylation sites is 1. The first-order chi connectivity index (χ1) is 9.20. The predicted octanol–water partition coefficient (Wildman–Crippen LogP) is 2.12. The zero-order valence-electron chi connectivity index (χ0n) is 10.3. The van der Waals surface area contributed by atoms with Crippen LogP contribution in [0.4, 0.5) is 5.69 Å². The molecule has 1 aromatic carbocycles. The van der Waals surface area contributed by atoms with Crippen molar-refractivity contribution in [1.82, 2.24) is 4.98 Å². The van der Waals surface area contributed by atoms with Gasteiger partial charge in [-0.2, -0.15) is 0 Å². The average molecular weight is 256 g/mol. The van der Waals surface area contributed by atoms with Crippen LogP contribution in [0.2, 0.25) is 0 Å². The van der Waals surface area contributed by atoms with Crippen LogP contribution in [0.15, 0.2) is 48.5 Å². The highest BCUT2D eigenvalue weighted by atomic mass is 16.5. The summed E-state index contributed by atoms with van der Waals surface area (Å²) in [5.41, 5.74) is 0.924. The molecule has 1 N–H and O–H groups in total. The van der Waals surface area contributed by atoms with E-state index in [9.17, 15) is 9.59 Å². The van der Waals surface area contributed by atoms with Crippen LogP contribution in [0.3, 0.4) is 0 Å². The van der Waals surface area contributed by atoms with E-state index in [2.05, 4.69) is 15.0 Å². The third kappa shape index (κ3) is 3.16. The highest BCUT2D eigenvalue weighted by Crippen LogP contribution is 2.08. The number of hydrogen-bond donors (Lipinski definition) is 1. The fraction of sp³-hybridized carbons (Fsp3) is 0.0714. The number of carbonyl (C=O) groups excluding carboxylic acids is 2. The largest absolute Gasteiger partial charge is 0.464 e. The Bertz CT molecular complexity index is 597. The van der Waals surface area contributed by atoms with Crippen molar-refractivity contribution in [3.8, 4) is 0 Å². The molecule has 0 saturated heterocycles. The Morgan fingerprint density at radius 1 is 1.00 bits per heavy atom. The van der Waals surface area contributed by atoms with Crippen LogP contribution in [0, 0.1) is 0 Å². The minimum absolute atomic E-state index is 0.100. The van der Waals surface area contributed by atoms with Gasteiger partial charge in [-0.1, -0.05) is 24.3 Å². The molecule has 0 fully saturated rings. The number of ether oxygens (including phenoxy) is 1. The number of nitrogens with zero attached hydrogens (tertiary/aromatic N) is 1. The highest BCUT2D eigenvalue weighted by Gasteiger charge is 2.12. The minimum atomic E-state index is -0.575. The first kappa shape index (κ1) is 12.8. The van der Waals surface area contributed by atoms with Crippen molar-refractivity contribution in [1.29, 1.82) is 0 Å². The molecular formula is C14H12N2O3. The zero-order valence-corrected chi connectivity index (χ0v) is 10.3. The number of amides is 1. The van der Waals surface area contributed by atoms with E-state index in [-0.39, 0.29) is 17.3 Å². The van der Waals surface area contributed by atoms with Gasteiger partial charge in [-0.15, -0.1) is 0 Å². The first-order valence-electron chi connectivity index (χ1n) is 5.62. The van der Waals surface area contributed by atoms with Gasteiger partial charge in [0.1, 0.15) is 11.4 Å². The molecule has 19 heavy (non-hydrogen) atoms. The lowest BCUT2D eigenvalue weighted by molar-refractivity contribution is 0.0594. The summed E-state index contributed by atoms with van der Waals surface area (Å²) < 4.78 is 4.56. The number of carbonyl (C=O) groups is 2. The summed E-state index contributed by atoms with van der Waals surface area (Å²) in [6.07, 6.45) is 0. The van der Waals surface area contributed by atoms with E-state index in [1.54, 1.807) is 18.2 Å². The average Bonchev–Trinajstić information content (AvgIpc) is 2.47. The number of benzene rings is 1. The summed E-state index contributed by atoms with van der Waals surface area (Å²) >= 11 is 0. The van der Waals surface area contributed by atoms with Gasteiger partial charge in [0, 0.05) is 5.69 Å². The lowest BCUT2D eigenvalue weighted by Crippen LogP contribution is -2.15. The summed E-state index contributed by atoms with van der Waals surface area (Å²) in [6.45, 7) is 0. The van der Waals surface area contributed by atoms with Gasteiger partial charge in [-0.3, -0.25) is 4.79 Å². The third-order valence-electron chi connectivity index (χ3n) is 2.41. The lowest BCUT2D eigenvalue weighted by Gasteiger charge is -2.05. The Morgan fingerprint density at radius 3 is 2.37 bits per heavy atom. The van der Waals surface area contributed by atoms with Crippen LogP contribution in [0.25, 0.3) is 0 Å². The van der Waals surface area contributed by atoms with Crippen LogP contribution in [-0.4, -0.2) is 24.0 Å². The van der Waals surface area contributed by atoms with Crippen LogP contribution in [0.5, 0.6) is 0 Å². The lowest BCUT2D eigenvalue weighted by atomic mass is 10.2. The maximum absolute atomic E-state index is 12.0. The van der Waals surface area contributed by atoms with E-state index in [0.717, 1.165) is 0 Å². The van der Waals surface area contributed by atoms with Crippen molar-refractivity contribution in [3.63, 3.8) is 0 Å². The topological polar surface area (TPSA) is 68.3 Å². The molecule has 96 valence electrons. The van der Waals surface area contributed by atoms with Crippen LogP contribution >= 0.6 is 0 Å². The van der Waals surface area contributed by atoms with Crippen molar-refractivity contribution < 1.29 is 14.3 Å². The van der Waals surface area contributed by atoms with Gasteiger partial charge in [0.2, 0.25) is 0 Å². The number of aromatic nitrogens is 1. The van der Waals surface area contributed by atoms with E-state index >= 15 is 0 Å². The van der Waals surface area contributed by atoms with Crippen LogP contribution < -0.4 is 5.32 Å². The molecule has 0 spiro atoms. The second-order valence-corrected chi connectivity index (χ2v) is 3.72. The molecule has 5 heteroatoms. The fourth-order valence-electron chi connectivity index (χ4n) is 1.50. The summed E-state index contributed by atoms with van der Waals surface area (Å²) in [5.74, 6) is -0.952. The Kier molecular flexibility index (Phi) is 3.87. The molecule has 0 unspecified atom stereocenters. The maximum atomic E-state index is 12.0. The number of esters is 1. The number of anilines is 1. The molecule has 0 aliphatic rings. The molecule has 1 amide bonds. The fourth-order valence-corrected chi connectivity index (χ4v) is 1.50. The van der Waals surface area contributed by atoms with Crippen molar-refractivity contribution in [2.75, 3.05) is 12.4 Å². The summed E-state index contributed by atoms with van der Waals surface area (Å²) in [7, 11) is 1.26. The van der Waals surface area contributed by atoms with Crippen LogP contribution in [-0.2, 0) is 4.74 Å². The SMILES string of the molecule is COC(=O)c1cccc(C(=O)Nc2ccccc2)n1. The smallest absolute Gasteiger partial charge is 0.356 e. The molecule has 0 saturated carbocycles. The zero-order chi connectivity index (χ0) is 13.7. The monoisotopic (exact) mass is 256 g/mol. The van der Waals surface area contributed by atoms with Gasteiger partial charge >= 0.3 is 5.97 Å². The number of hydrogen-bond acceptors (Lipinski definition) is 4.